The summed E-state index contributed by atoms with van der Waals surface area (Å²) in [6, 6.07) is 0.479. The van der Waals surface area contributed by atoms with Crippen molar-refractivity contribution in [2.24, 2.45) is 10.8 Å². The van der Waals surface area contributed by atoms with Gasteiger partial charge in [0.05, 0.1) is 6.04 Å². The second-order valence-corrected chi connectivity index (χ2v) is 5.17. The van der Waals surface area contributed by atoms with E-state index in [1.807, 2.05) is 0 Å². The van der Waals surface area contributed by atoms with Crippen LogP contribution in [0, 0.1) is 0 Å². The summed E-state index contributed by atoms with van der Waals surface area (Å²) in [5.41, 5.74) is 2.99. The van der Waals surface area contributed by atoms with Crippen molar-refractivity contribution in [2.75, 3.05) is 0 Å². The van der Waals surface area contributed by atoms with Gasteiger partial charge in [0.1, 0.15) is 0 Å². The molecule has 0 aromatic carbocycles. The Hall–Kier alpha value is -0.770. The van der Waals surface area contributed by atoms with E-state index >= 15 is 0 Å². The molecule has 92 valence electrons. The molecule has 0 saturated heterocycles. The molecular formula is C12H24N4. The predicted molar refractivity (Wildman–Crippen MR) is 67.0 cm³/mol. The van der Waals surface area contributed by atoms with Crippen molar-refractivity contribution in [3.05, 3.63) is 0 Å². The number of hydrazine groups is 1. The minimum absolute atomic E-state index is 0.268. The molecule has 2 saturated carbocycles. The molecule has 4 N–H and O–H groups in total. The zero-order valence-electron chi connectivity index (χ0n) is 10.3. The predicted octanol–water partition coefficient (Wildman–Crippen LogP) is 1.67. The van der Waals surface area contributed by atoms with Gasteiger partial charge in [0, 0.05) is 5.54 Å². The van der Waals surface area contributed by atoms with Gasteiger partial charge in [-0.05, 0) is 38.5 Å². The summed E-state index contributed by atoms with van der Waals surface area (Å²) in [5.74, 6) is 6.35. The lowest BCUT2D eigenvalue weighted by Crippen LogP contribution is -2.58. The number of nitrogens with two attached hydrogens (primary N) is 1. The second-order valence-electron chi connectivity index (χ2n) is 5.17. The number of aliphatic imine (C=N–C) groups is 1. The first-order chi connectivity index (χ1) is 7.78. The minimum Gasteiger partial charge on any atom is -0.350 e. The highest BCUT2D eigenvalue weighted by molar-refractivity contribution is 5.80. The highest BCUT2D eigenvalue weighted by Gasteiger charge is 2.35. The lowest BCUT2D eigenvalue weighted by atomic mass is 9.75. The average molecular weight is 224 g/mol. The third-order valence-corrected chi connectivity index (χ3v) is 4.14. The van der Waals surface area contributed by atoms with E-state index in [0.717, 1.165) is 12.4 Å². The van der Waals surface area contributed by atoms with Crippen molar-refractivity contribution in [3.8, 4) is 0 Å². The van der Waals surface area contributed by atoms with Crippen molar-refractivity contribution in [1.29, 1.82) is 0 Å². The fourth-order valence-electron chi connectivity index (χ4n) is 2.74. The molecule has 0 aromatic rings. The van der Waals surface area contributed by atoms with Crippen LogP contribution in [0.15, 0.2) is 4.99 Å². The van der Waals surface area contributed by atoms with Crippen molar-refractivity contribution in [1.82, 2.24) is 10.7 Å². The van der Waals surface area contributed by atoms with Gasteiger partial charge >= 0.3 is 0 Å². The quantitative estimate of drug-likeness (QED) is 0.296. The van der Waals surface area contributed by atoms with E-state index in [0.29, 0.717) is 6.04 Å². The van der Waals surface area contributed by atoms with Gasteiger partial charge in [-0.15, -0.1) is 0 Å². The van der Waals surface area contributed by atoms with E-state index in [2.05, 4.69) is 22.7 Å². The maximum Gasteiger partial charge on any atom is 0.206 e. The summed E-state index contributed by atoms with van der Waals surface area (Å²) >= 11 is 0. The molecule has 0 bridgehead atoms. The number of nitrogens with one attached hydrogen (secondary N) is 2. The number of guanidine groups is 1. The summed E-state index contributed by atoms with van der Waals surface area (Å²) in [5, 5.41) is 3.51. The fourth-order valence-corrected chi connectivity index (χ4v) is 2.74. The molecule has 0 heterocycles. The molecule has 0 unspecified atom stereocenters. The summed E-state index contributed by atoms with van der Waals surface area (Å²) in [6.07, 6.45) is 10.0. The molecule has 0 radical (unpaired) electrons. The van der Waals surface area contributed by atoms with Crippen LogP contribution in [0.25, 0.3) is 0 Å². The van der Waals surface area contributed by atoms with Crippen LogP contribution in [-0.4, -0.2) is 17.5 Å². The van der Waals surface area contributed by atoms with E-state index in [9.17, 15) is 0 Å². The molecule has 2 aliphatic carbocycles. The van der Waals surface area contributed by atoms with Crippen molar-refractivity contribution in [3.63, 3.8) is 0 Å². The standard InChI is InChI=1S/C12H24N4/c1-2-12(8-5-9-12)15-11(16-13)14-10-6-3-4-7-10/h10H,2-9,13H2,1H3,(H2,14,15,16). The molecule has 0 atom stereocenters. The van der Waals surface area contributed by atoms with Crippen LogP contribution in [0.5, 0.6) is 0 Å². The normalized spacial score (nSPS) is 25.2. The number of rotatable bonds is 3. The summed E-state index contributed by atoms with van der Waals surface area (Å²) in [4.78, 5) is 4.68. The van der Waals surface area contributed by atoms with Gasteiger partial charge in [0.2, 0.25) is 5.96 Å². The Morgan fingerprint density at radius 1 is 1.31 bits per heavy atom. The largest absolute Gasteiger partial charge is 0.350 e. The van der Waals surface area contributed by atoms with Gasteiger partial charge in [-0.25, -0.2) is 10.8 Å². The van der Waals surface area contributed by atoms with Gasteiger partial charge < -0.3 is 5.32 Å². The molecule has 0 aromatic heterocycles. The van der Waals surface area contributed by atoms with Crippen LogP contribution < -0.4 is 16.6 Å². The zero-order chi connectivity index (χ0) is 11.4. The Kier molecular flexibility index (Phi) is 3.69. The summed E-state index contributed by atoms with van der Waals surface area (Å²) in [7, 11) is 0. The molecule has 4 nitrogen and oxygen atoms in total. The van der Waals surface area contributed by atoms with Crippen molar-refractivity contribution in [2.45, 2.75) is 69.9 Å². The van der Waals surface area contributed by atoms with Gasteiger partial charge in [0.25, 0.3) is 0 Å². The molecule has 2 aliphatic rings. The van der Waals surface area contributed by atoms with Gasteiger partial charge in [-0.3, -0.25) is 5.43 Å². The van der Waals surface area contributed by atoms with E-state index in [1.165, 1.54) is 44.9 Å². The lowest BCUT2D eigenvalue weighted by Gasteiger charge is -2.42. The number of nitrogens with zero attached hydrogens (tertiary/aromatic N) is 1. The van der Waals surface area contributed by atoms with Crippen LogP contribution in [0.1, 0.15) is 58.3 Å². The molecule has 16 heavy (non-hydrogen) atoms. The van der Waals surface area contributed by atoms with Gasteiger partial charge in [-0.1, -0.05) is 19.8 Å². The van der Waals surface area contributed by atoms with E-state index in [-0.39, 0.29) is 5.54 Å². The molecule has 0 spiro atoms. The van der Waals surface area contributed by atoms with Gasteiger partial charge in [-0.2, -0.15) is 0 Å². The van der Waals surface area contributed by atoms with Crippen molar-refractivity contribution >= 4 is 5.96 Å². The van der Waals surface area contributed by atoms with Crippen LogP contribution in [0.4, 0.5) is 0 Å². The fraction of sp³-hybridized carbons (Fsp3) is 0.917. The third-order valence-electron chi connectivity index (χ3n) is 4.14. The smallest absolute Gasteiger partial charge is 0.206 e. The Morgan fingerprint density at radius 2 is 2.00 bits per heavy atom. The Labute approximate surface area is 98.0 Å². The van der Waals surface area contributed by atoms with Gasteiger partial charge in [0.15, 0.2) is 0 Å². The topological polar surface area (TPSA) is 62.4 Å². The second kappa shape index (κ2) is 5.04. The van der Waals surface area contributed by atoms with Crippen molar-refractivity contribution < 1.29 is 0 Å². The molecule has 0 aliphatic heterocycles. The SMILES string of the molecule is CCC1(NC(=NC2CCCC2)NN)CCC1. The maximum atomic E-state index is 5.55. The lowest BCUT2D eigenvalue weighted by molar-refractivity contribution is 0.207. The molecule has 0 amide bonds. The average Bonchev–Trinajstić information content (AvgIpc) is 2.74. The highest BCUT2D eigenvalue weighted by atomic mass is 15.3. The molecule has 4 heteroatoms. The Balaban J connectivity index is 1.93. The summed E-state index contributed by atoms with van der Waals surface area (Å²) in [6.45, 7) is 2.23. The van der Waals surface area contributed by atoms with E-state index in [1.54, 1.807) is 0 Å². The van der Waals surface area contributed by atoms with E-state index in [4.69, 9.17) is 5.84 Å². The van der Waals surface area contributed by atoms with Crippen LogP contribution in [-0.2, 0) is 0 Å². The Morgan fingerprint density at radius 3 is 2.44 bits per heavy atom. The number of hydrogen-bond donors (Lipinski definition) is 3. The first-order valence-electron chi connectivity index (χ1n) is 6.60. The molecule has 2 rings (SSSR count). The zero-order valence-corrected chi connectivity index (χ0v) is 10.3. The molecular weight excluding hydrogens is 200 g/mol. The first kappa shape index (κ1) is 11.7. The van der Waals surface area contributed by atoms with E-state index < -0.39 is 0 Å². The minimum atomic E-state index is 0.268. The maximum absolute atomic E-state index is 5.55. The first-order valence-corrected chi connectivity index (χ1v) is 6.60. The molecule has 2 fully saturated rings. The highest BCUT2D eigenvalue weighted by Crippen LogP contribution is 2.34. The van der Waals surface area contributed by atoms with Crippen LogP contribution in [0.2, 0.25) is 0 Å². The third kappa shape index (κ3) is 2.48. The number of hydrogen-bond acceptors (Lipinski definition) is 2. The van der Waals surface area contributed by atoms with Crippen LogP contribution in [0.3, 0.4) is 0 Å². The monoisotopic (exact) mass is 224 g/mol. The summed E-state index contributed by atoms with van der Waals surface area (Å²) < 4.78 is 0. The Bertz CT molecular complexity index is 246. The van der Waals surface area contributed by atoms with Crippen LogP contribution >= 0.6 is 0 Å².